The van der Waals surface area contributed by atoms with Gasteiger partial charge in [0.1, 0.15) is 12.9 Å². The third-order valence-corrected chi connectivity index (χ3v) is 3.29. The number of aliphatic hydroxyl groups is 1. The van der Waals surface area contributed by atoms with Crippen molar-refractivity contribution in [1.82, 2.24) is 19.6 Å². The highest BCUT2D eigenvalue weighted by Gasteiger charge is 2.56. The van der Waals surface area contributed by atoms with Gasteiger partial charge in [0.2, 0.25) is 0 Å². The van der Waals surface area contributed by atoms with Gasteiger partial charge in [-0.25, -0.2) is 9.59 Å². The van der Waals surface area contributed by atoms with Crippen LogP contribution >= 0.6 is 0 Å². The van der Waals surface area contributed by atoms with Gasteiger partial charge < -0.3 is 19.8 Å². The Morgan fingerprint density at radius 3 is 2.00 bits per heavy atom. The Kier molecular flexibility index (Phi) is 2.42. The van der Waals surface area contributed by atoms with Gasteiger partial charge >= 0.3 is 12.1 Å². The summed E-state index contributed by atoms with van der Waals surface area (Å²) in [6.45, 7) is 2.00. The zero-order valence-electron chi connectivity index (χ0n) is 9.62. The van der Waals surface area contributed by atoms with Crippen molar-refractivity contribution in [2.45, 2.75) is 19.3 Å². The van der Waals surface area contributed by atoms with E-state index in [4.69, 9.17) is 0 Å². The van der Waals surface area contributed by atoms with Crippen molar-refractivity contribution in [3.05, 3.63) is 0 Å². The van der Waals surface area contributed by atoms with Crippen LogP contribution in [-0.2, 0) is 0 Å². The van der Waals surface area contributed by atoms with E-state index < -0.39 is 6.17 Å². The Labute approximate surface area is 93.8 Å². The maximum atomic E-state index is 11.9. The lowest BCUT2D eigenvalue weighted by atomic mass is 10.3. The van der Waals surface area contributed by atoms with Crippen LogP contribution in [0.25, 0.3) is 0 Å². The van der Waals surface area contributed by atoms with Gasteiger partial charge in [-0.3, -0.25) is 4.90 Å². The van der Waals surface area contributed by atoms with Gasteiger partial charge in [-0.15, -0.1) is 0 Å². The summed E-state index contributed by atoms with van der Waals surface area (Å²) < 4.78 is 0. The molecule has 0 aliphatic carbocycles. The normalized spacial score (nSPS) is 29.5. The Balaban J connectivity index is 2.38. The Bertz CT molecular complexity index is 307. The molecule has 7 nitrogen and oxygen atoms in total. The molecule has 2 aliphatic rings. The molecule has 2 rings (SSSR count). The van der Waals surface area contributed by atoms with E-state index in [0.717, 1.165) is 0 Å². The number of fused-ring (bicyclic) bond motifs is 1. The molecule has 4 amide bonds. The van der Waals surface area contributed by atoms with Crippen molar-refractivity contribution in [2.24, 2.45) is 0 Å². The van der Waals surface area contributed by atoms with Crippen LogP contribution < -0.4 is 0 Å². The molecule has 0 aromatic heterocycles. The Morgan fingerprint density at radius 1 is 1.06 bits per heavy atom. The van der Waals surface area contributed by atoms with Crippen LogP contribution in [0.3, 0.4) is 0 Å². The molecule has 2 atom stereocenters. The number of hydrogen-bond acceptors (Lipinski definition) is 3. The molecule has 2 fully saturated rings. The summed E-state index contributed by atoms with van der Waals surface area (Å²) in [5.41, 5.74) is 0. The fourth-order valence-corrected chi connectivity index (χ4v) is 2.47. The Morgan fingerprint density at radius 2 is 1.56 bits per heavy atom. The number of nitrogens with zero attached hydrogens (tertiary/aromatic N) is 4. The molecule has 0 bridgehead atoms. The van der Waals surface area contributed by atoms with Crippen LogP contribution in [0.15, 0.2) is 0 Å². The Hall–Kier alpha value is -1.50. The van der Waals surface area contributed by atoms with Crippen molar-refractivity contribution < 1.29 is 14.7 Å². The third-order valence-electron chi connectivity index (χ3n) is 3.29. The number of carbonyl (C=O) groups is 2. The van der Waals surface area contributed by atoms with E-state index in [1.165, 1.54) is 14.7 Å². The average Bonchev–Trinajstić information content (AvgIpc) is 2.67. The number of carbonyl (C=O) groups excluding carboxylic acids is 2. The first-order chi connectivity index (χ1) is 7.54. The summed E-state index contributed by atoms with van der Waals surface area (Å²) in [6, 6.07) is -0.370. The highest BCUT2D eigenvalue weighted by molar-refractivity contribution is 5.84. The quantitative estimate of drug-likeness (QED) is 0.682. The topological polar surface area (TPSA) is 67.3 Å². The van der Waals surface area contributed by atoms with E-state index in [1.54, 1.807) is 19.0 Å². The molecule has 16 heavy (non-hydrogen) atoms. The van der Waals surface area contributed by atoms with E-state index >= 15 is 0 Å². The summed E-state index contributed by atoms with van der Waals surface area (Å²) in [5.74, 6) is 0. The number of hydrogen-bond donors (Lipinski definition) is 1. The molecule has 0 saturated carbocycles. The monoisotopic (exact) mass is 228 g/mol. The number of rotatable bonds is 2. The zero-order chi connectivity index (χ0) is 12.0. The minimum absolute atomic E-state index is 0.139. The van der Waals surface area contributed by atoms with E-state index in [0.29, 0.717) is 6.54 Å². The second kappa shape index (κ2) is 3.51. The number of likely N-dealkylation sites (N-methyl/N-ethyl adjacent to an activating group) is 3. The van der Waals surface area contributed by atoms with Crippen LogP contribution in [0.1, 0.15) is 6.92 Å². The van der Waals surface area contributed by atoms with Crippen LogP contribution in [0, 0.1) is 0 Å². The lowest BCUT2D eigenvalue weighted by Crippen LogP contribution is -2.44. The highest BCUT2D eigenvalue weighted by Crippen LogP contribution is 2.32. The lowest BCUT2D eigenvalue weighted by Gasteiger charge is -2.25. The minimum Gasteiger partial charge on any atom is -0.376 e. The van der Waals surface area contributed by atoms with Crippen LogP contribution in [-0.4, -0.2) is 76.5 Å². The number of aliphatic hydroxyl groups excluding tert-OH is 1. The highest BCUT2D eigenvalue weighted by atomic mass is 16.3. The van der Waals surface area contributed by atoms with E-state index in [-0.39, 0.29) is 25.0 Å². The minimum atomic E-state index is -0.394. The van der Waals surface area contributed by atoms with Gasteiger partial charge in [-0.05, 0) is 6.92 Å². The molecular weight excluding hydrogens is 212 g/mol. The van der Waals surface area contributed by atoms with Gasteiger partial charge in [-0.1, -0.05) is 0 Å². The van der Waals surface area contributed by atoms with Crippen LogP contribution in [0.2, 0.25) is 0 Å². The number of amides is 4. The van der Waals surface area contributed by atoms with Crippen molar-refractivity contribution in [2.75, 3.05) is 27.4 Å². The largest absolute Gasteiger partial charge is 0.376 e. The van der Waals surface area contributed by atoms with E-state index in [2.05, 4.69) is 0 Å². The standard InChI is InChI=1S/C9H16N4O3/c1-4-12-6-7(13(5-14)9(12)16)11(3)8(15)10(6)2/h6-7,14H,4-5H2,1-3H3/t6-,7+/m0/s1. The van der Waals surface area contributed by atoms with Crippen molar-refractivity contribution in [3.8, 4) is 0 Å². The van der Waals surface area contributed by atoms with Crippen molar-refractivity contribution >= 4 is 12.1 Å². The molecule has 1 N–H and O–H groups in total. The molecular formula is C9H16N4O3. The third kappa shape index (κ3) is 1.12. The van der Waals surface area contributed by atoms with Crippen molar-refractivity contribution in [3.63, 3.8) is 0 Å². The van der Waals surface area contributed by atoms with Crippen LogP contribution in [0.4, 0.5) is 9.59 Å². The molecule has 0 radical (unpaired) electrons. The maximum absolute atomic E-state index is 11.9. The molecule has 0 aromatic rings. The maximum Gasteiger partial charge on any atom is 0.325 e. The smallest absolute Gasteiger partial charge is 0.325 e. The molecule has 7 heteroatoms. The summed E-state index contributed by atoms with van der Waals surface area (Å²) in [5, 5.41) is 9.21. The SMILES string of the molecule is CCN1C(=O)N(CO)[C@@H]2[C@H]1N(C)C(=O)N2C. The fourth-order valence-electron chi connectivity index (χ4n) is 2.47. The fraction of sp³-hybridized carbons (Fsp3) is 0.778. The predicted molar refractivity (Wildman–Crippen MR) is 55.2 cm³/mol. The zero-order valence-corrected chi connectivity index (χ0v) is 9.62. The average molecular weight is 228 g/mol. The molecule has 2 aliphatic heterocycles. The first kappa shape index (κ1) is 11.0. The van der Waals surface area contributed by atoms with Gasteiger partial charge in [0.15, 0.2) is 6.17 Å². The second-order valence-electron chi connectivity index (χ2n) is 4.01. The molecule has 0 spiro atoms. The molecule has 90 valence electrons. The first-order valence-electron chi connectivity index (χ1n) is 5.22. The summed E-state index contributed by atoms with van der Waals surface area (Å²) in [7, 11) is 3.30. The van der Waals surface area contributed by atoms with Gasteiger partial charge in [0.05, 0.1) is 0 Å². The van der Waals surface area contributed by atoms with Gasteiger partial charge in [0.25, 0.3) is 0 Å². The molecule has 2 saturated heterocycles. The lowest BCUT2D eigenvalue weighted by molar-refractivity contribution is 0.0706. The second-order valence-corrected chi connectivity index (χ2v) is 4.01. The van der Waals surface area contributed by atoms with Crippen molar-refractivity contribution in [1.29, 1.82) is 0 Å². The summed E-state index contributed by atoms with van der Waals surface area (Å²) in [4.78, 5) is 29.6. The molecule has 0 aromatic carbocycles. The predicted octanol–water partition coefficient (Wildman–Crippen LogP) is -0.657. The van der Waals surface area contributed by atoms with E-state index in [9.17, 15) is 14.7 Å². The first-order valence-corrected chi connectivity index (χ1v) is 5.22. The van der Waals surface area contributed by atoms with Gasteiger partial charge in [0, 0.05) is 20.6 Å². The van der Waals surface area contributed by atoms with Crippen LogP contribution in [0.5, 0.6) is 0 Å². The number of urea groups is 2. The summed E-state index contributed by atoms with van der Waals surface area (Å²) in [6.07, 6.45) is -0.697. The van der Waals surface area contributed by atoms with Gasteiger partial charge in [-0.2, -0.15) is 0 Å². The van der Waals surface area contributed by atoms with E-state index in [1.807, 2.05) is 6.92 Å². The summed E-state index contributed by atoms with van der Waals surface area (Å²) >= 11 is 0. The molecule has 0 unspecified atom stereocenters. The molecule has 2 heterocycles.